The number of carbonyl (C=O) groups is 2. The molecule has 4 rings (SSSR count). The van der Waals surface area contributed by atoms with Crippen molar-refractivity contribution in [2.24, 2.45) is 13.0 Å². The lowest BCUT2D eigenvalue weighted by atomic mass is 9.98. The molecule has 2 aliphatic heterocycles. The fourth-order valence-corrected chi connectivity index (χ4v) is 6.54. The van der Waals surface area contributed by atoms with Gasteiger partial charge in [-0.15, -0.1) is 0 Å². The van der Waals surface area contributed by atoms with E-state index in [0.29, 0.717) is 32.4 Å². The highest BCUT2D eigenvalue weighted by Crippen LogP contribution is 2.26. The van der Waals surface area contributed by atoms with Crippen molar-refractivity contribution in [3.63, 3.8) is 0 Å². The van der Waals surface area contributed by atoms with Crippen LogP contribution in [-0.2, 0) is 33.1 Å². The number of hydrogen-bond donors (Lipinski definition) is 2. The minimum atomic E-state index is -3.82. The summed E-state index contributed by atoms with van der Waals surface area (Å²) in [6.07, 6.45) is 7.69. The molecule has 2 N–H and O–H groups in total. The van der Waals surface area contributed by atoms with Crippen molar-refractivity contribution >= 4 is 27.5 Å². The maximum Gasteiger partial charge on any atom is 0.262 e. The Labute approximate surface area is 219 Å². The van der Waals surface area contributed by atoms with E-state index >= 15 is 0 Å². The summed E-state index contributed by atoms with van der Waals surface area (Å²) in [6.45, 7) is 3.23. The maximum atomic E-state index is 13.1. The molecule has 10 nitrogen and oxygen atoms in total. The van der Waals surface area contributed by atoms with E-state index in [-0.39, 0.29) is 42.3 Å². The second-order valence-electron chi connectivity index (χ2n) is 9.87. The number of carbonyl (C=O) groups excluding carboxylic acids is 2. The Morgan fingerprint density at radius 1 is 1.14 bits per heavy atom. The van der Waals surface area contributed by atoms with Crippen LogP contribution in [0.4, 0.5) is 5.69 Å². The van der Waals surface area contributed by atoms with Crippen LogP contribution in [-0.4, -0.2) is 73.4 Å². The quantitative estimate of drug-likeness (QED) is 0.526. The largest absolute Gasteiger partial charge is 0.371 e. The molecule has 3 heterocycles. The van der Waals surface area contributed by atoms with Crippen LogP contribution in [0.15, 0.2) is 41.8 Å². The summed E-state index contributed by atoms with van der Waals surface area (Å²) in [5.74, 6) is -0.538. The molecule has 1 fully saturated rings. The lowest BCUT2D eigenvalue weighted by Gasteiger charge is -2.31. The molecule has 1 aromatic carbocycles. The summed E-state index contributed by atoms with van der Waals surface area (Å²) in [4.78, 5) is 31.7. The van der Waals surface area contributed by atoms with Crippen LogP contribution >= 0.6 is 0 Å². The molecular weight excluding hydrogens is 492 g/mol. The minimum Gasteiger partial charge on any atom is -0.371 e. The molecular formula is C26H38N6O4S. The summed E-state index contributed by atoms with van der Waals surface area (Å²) in [5, 5.41) is 5.88. The van der Waals surface area contributed by atoms with Gasteiger partial charge in [0.05, 0.1) is 6.33 Å². The fraction of sp³-hybridized carbons (Fsp3) is 0.577. The third-order valence-corrected chi connectivity index (χ3v) is 8.91. The van der Waals surface area contributed by atoms with Gasteiger partial charge in [-0.05, 0) is 50.2 Å². The summed E-state index contributed by atoms with van der Waals surface area (Å²) >= 11 is 0. The number of anilines is 1. The van der Waals surface area contributed by atoms with Gasteiger partial charge in [-0.2, -0.15) is 4.31 Å². The molecule has 1 saturated heterocycles. The van der Waals surface area contributed by atoms with E-state index in [1.807, 2.05) is 0 Å². The molecule has 2 aliphatic rings. The highest BCUT2D eigenvalue weighted by atomic mass is 32.2. The second kappa shape index (κ2) is 12.6. The van der Waals surface area contributed by atoms with Gasteiger partial charge < -0.3 is 20.1 Å². The number of hydrogen-bond acceptors (Lipinski definition) is 6. The summed E-state index contributed by atoms with van der Waals surface area (Å²) in [6, 6.07) is 8.51. The molecule has 202 valence electrons. The summed E-state index contributed by atoms with van der Waals surface area (Å²) in [7, 11) is -2.11. The smallest absolute Gasteiger partial charge is 0.262 e. The molecule has 1 atom stereocenters. The second-order valence-corrected chi connectivity index (χ2v) is 11.8. The first kappa shape index (κ1) is 27.1. The van der Waals surface area contributed by atoms with Crippen molar-refractivity contribution in [1.29, 1.82) is 0 Å². The predicted molar refractivity (Wildman–Crippen MR) is 142 cm³/mol. The SMILES string of the molecule is Cn1cnc(S(=O)(=O)N2CCCC(C(=O)NCCCN3CCCc4ccccc43)CCNC(=O)CC2)c1. The van der Waals surface area contributed by atoms with E-state index in [0.717, 1.165) is 32.4 Å². The van der Waals surface area contributed by atoms with Crippen molar-refractivity contribution < 1.29 is 18.0 Å². The van der Waals surface area contributed by atoms with Crippen LogP contribution in [0.2, 0.25) is 0 Å². The monoisotopic (exact) mass is 530 g/mol. The number of aryl methyl sites for hydroxylation is 2. The van der Waals surface area contributed by atoms with Crippen molar-refractivity contribution in [3.8, 4) is 0 Å². The zero-order chi connectivity index (χ0) is 26.3. The fourth-order valence-electron chi connectivity index (χ4n) is 5.10. The molecule has 0 radical (unpaired) electrons. The van der Waals surface area contributed by atoms with Gasteiger partial charge in [0.2, 0.25) is 11.8 Å². The molecule has 1 unspecified atom stereocenters. The third-order valence-electron chi connectivity index (χ3n) is 7.13. The molecule has 2 amide bonds. The normalized spacial score (nSPS) is 20.0. The Balaban J connectivity index is 1.30. The van der Waals surface area contributed by atoms with Crippen molar-refractivity contribution in [1.82, 2.24) is 24.5 Å². The summed E-state index contributed by atoms with van der Waals surface area (Å²) < 4.78 is 29.1. The molecule has 2 aromatic rings. The van der Waals surface area contributed by atoms with Gasteiger partial charge >= 0.3 is 0 Å². The van der Waals surface area contributed by atoms with Crippen LogP contribution < -0.4 is 15.5 Å². The third kappa shape index (κ3) is 7.10. The van der Waals surface area contributed by atoms with Crippen LogP contribution in [0.3, 0.4) is 0 Å². The number of aromatic nitrogens is 2. The van der Waals surface area contributed by atoms with Crippen LogP contribution in [0.5, 0.6) is 0 Å². The van der Waals surface area contributed by atoms with Gasteiger partial charge in [-0.3, -0.25) is 9.59 Å². The van der Waals surface area contributed by atoms with Gasteiger partial charge in [-0.25, -0.2) is 13.4 Å². The number of fused-ring (bicyclic) bond motifs is 1. The van der Waals surface area contributed by atoms with E-state index in [4.69, 9.17) is 0 Å². The average Bonchev–Trinajstić information content (AvgIpc) is 3.32. The molecule has 0 aliphatic carbocycles. The Morgan fingerprint density at radius 2 is 1.97 bits per heavy atom. The number of benzene rings is 1. The molecule has 0 spiro atoms. The number of imidazole rings is 1. The number of nitrogens with zero attached hydrogens (tertiary/aromatic N) is 4. The van der Waals surface area contributed by atoms with Crippen LogP contribution in [0.1, 0.15) is 44.1 Å². The zero-order valence-corrected chi connectivity index (χ0v) is 22.4. The van der Waals surface area contributed by atoms with Gasteiger partial charge in [0.25, 0.3) is 10.0 Å². The minimum absolute atomic E-state index is 0.0316. The number of nitrogens with one attached hydrogen (secondary N) is 2. The standard InChI is InChI=1S/C26H38N6O4S/c1-30-19-25(29-20-30)37(35,36)32-17-5-9-22(11-14-27-24(33)12-18-32)26(34)28-13-6-16-31-15-4-8-21-7-2-3-10-23(21)31/h2-3,7,10,19-20,22H,4-6,8-9,11-18H2,1H3,(H,27,33)(H,28,34). The van der Waals surface area contributed by atoms with Gasteiger partial charge in [0.15, 0.2) is 5.03 Å². The highest BCUT2D eigenvalue weighted by Gasteiger charge is 2.28. The number of sulfonamides is 1. The Bertz CT molecular complexity index is 1180. The van der Waals surface area contributed by atoms with Gasteiger partial charge in [-0.1, -0.05) is 18.2 Å². The highest BCUT2D eigenvalue weighted by molar-refractivity contribution is 7.89. The van der Waals surface area contributed by atoms with Crippen molar-refractivity contribution in [2.45, 2.75) is 50.0 Å². The molecule has 37 heavy (non-hydrogen) atoms. The maximum absolute atomic E-state index is 13.1. The average molecular weight is 531 g/mol. The first-order chi connectivity index (χ1) is 17.8. The Morgan fingerprint density at radius 3 is 2.78 bits per heavy atom. The van der Waals surface area contributed by atoms with Gasteiger partial charge in [0, 0.05) is 70.5 Å². The lowest BCUT2D eigenvalue weighted by molar-refractivity contribution is -0.126. The van der Waals surface area contributed by atoms with E-state index in [1.54, 1.807) is 11.6 Å². The topological polar surface area (TPSA) is 117 Å². The molecule has 0 saturated carbocycles. The molecule has 0 bridgehead atoms. The lowest BCUT2D eigenvalue weighted by Crippen LogP contribution is -2.36. The first-order valence-electron chi connectivity index (χ1n) is 13.2. The first-order valence-corrected chi connectivity index (χ1v) is 14.6. The number of para-hydroxylation sites is 1. The van der Waals surface area contributed by atoms with Gasteiger partial charge in [0.1, 0.15) is 0 Å². The van der Waals surface area contributed by atoms with E-state index in [9.17, 15) is 18.0 Å². The predicted octanol–water partition coefficient (Wildman–Crippen LogP) is 1.68. The molecule has 11 heteroatoms. The van der Waals surface area contributed by atoms with Crippen molar-refractivity contribution in [3.05, 3.63) is 42.4 Å². The zero-order valence-electron chi connectivity index (χ0n) is 21.6. The Hall–Kier alpha value is -2.92. The van der Waals surface area contributed by atoms with Crippen LogP contribution in [0, 0.1) is 5.92 Å². The van der Waals surface area contributed by atoms with E-state index in [1.165, 1.54) is 28.1 Å². The van der Waals surface area contributed by atoms with Crippen molar-refractivity contribution in [2.75, 3.05) is 44.2 Å². The number of rotatable bonds is 7. The van der Waals surface area contributed by atoms with E-state index < -0.39 is 10.0 Å². The van der Waals surface area contributed by atoms with Crippen LogP contribution in [0.25, 0.3) is 0 Å². The molecule has 1 aromatic heterocycles. The Kier molecular flexibility index (Phi) is 9.20. The number of amides is 2. The summed E-state index contributed by atoms with van der Waals surface area (Å²) in [5.41, 5.74) is 2.68. The van der Waals surface area contributed by atoms with E-state index in [2.05, 4.69) is 44.8 Å².